The van der Waals surface area contributed by atoms with Crippen LogP contribution < -0.4 is 5.32 Å². The predicted molar refractivity (Wildman–Crippen MR) is 95.7 cm³/mol. The van der Waals surface area contributed by atoms with Gasteiger partial charge in [-0.2, -0.15) is 0 Å². The Morgan fingerprint density at radius 2 is 2.10 bits per heavy atom. The van der Waals surface area contributed by atoms with E-state index in [4.69, 9.17) is 0 Å². The van der Waals surface area contributed by atoms with E-state index in [1.54, 1.807) is 0 Å². The van der Waals surface area contributed by atoms with Gasteiger partial charge in [-0.15, -0.1) is 0 Å². The first-order valence-electron chi connectivity index (χ1n) is 8.65. The molecule has 0 aliphatic heterocycles. The lowest BCUT2D eigenvalue weighted by Gasteiger charge is -2.36. The molecular weight excluding hydrogens is 322 g/mol. The van der Waals surface area contributed by atoms with Crippen LogP contribution in [0.1, 0.15) is 69.5 Å². The molecule has 0 aromatic heterocycles. The molecule has 0 heterocycles. The normalized spacial score (nSPS) is 24.0. The highest BCUT2D eigenvalue weighted by Gasteiger charge is 2.29. The molecule has 1 N–H and O–H groups in total. The average Bonchev–Trinajstić information content (AvgIpc) is 2.51. The summed E-state index contributed by atoms with van der Waals surface area (Å²) in [5.41, 5.74) is 2.92. The third-order valence-corrected chi connectivity index (χ3v) is 5.56. The molecule has 0 radical (unpaired) electrons. The molecule has 118 valence electrons. The summed E-state index contributed by atoms with van der Waals surface area (Å²) in [6.07, 6.45) is 8.15. The fraction of sp³-hybridized carbons (Fsp3) is 0.684. The van der Waals surface area contributed by atoms with Crippen molar-refractivity contribution in [2.75, 3.05) is 6.54 Å². The first-order chi connectivity index (χ1) is 10.2. The zero-order valence-corrected chi connectivity index (χ0v) is 15.4. The Bertz CT molecular complexity index is 443. The van der Waals surface area contributed by atoms with Gasteiger partial charge < -0.3 is 5.32 Å². The van der Waals surface area contributed by atoms with Crippen molar-refractivity contribution in [3.63, 3.8) is 0 Å². The Kier molecular flexibility index (Phi) is 6.75. The summed E-state index contributed by atoms with van der Waals surface area (Å²) >= 11 is 3.65. The standard InChI is InChI=1S/C19H30BrN/c1-4-11-21-19(16-8-6-7-15(5-2)12-16)18-13-17(20)10-9-14(18)3/h9-10,13,15-16,19,21H,4-8,11-12H2,1-3H3. The number of benzene rings is 1. The summed E-state index contributed by atoms with van der Waals surface area (Å²) in [6, 6.07) is 7.26. The van der Waals surface area contributed by atoms with Crippen LogP contribution in [0.3, 0.4) is 0 Å². The smallest absolute Gasteiger partial charge is 0.0351 e. The second-order valence-corrected chi connectivity index (χ2v) is 7.55. The summed E-state index contributed by atoms with van der Waals surface area (Å²) in [5, 5.41) is 3.85. The van der Waals surface area contributed by atoms with Crippen LogP contribution in [0.25, 0.3) is 0 Å². The van der Waals surface area contributed by atoms with Crippen LogP contribution in [0.5, 0.6) is 0 Å². The van der Waals surface area contributed by atoms with E-state index in [9.17, 15) is 0 Å². The summed E-state index contributed by atoms with van der Waals surface area (Å²) in [7, 11) is 0. The number of nitrogens with one attached hydrogen (secondary N) is 1. The molecule has 1 nitrogen and oxygen atoms in total. The van der Waals surface area contributed by atoms with E-state index in [0.29, 0.717) is 6.04 Å². The topological polar surface area (TPSA) is 12.0 Å². The molecule has 1 aromatic rings. The highest BCUT2D eigenvalue weighted by Crippen LogP contribution is 2.39. The maximum Gasteiger partial charge on any atom is 0.0351 e. The van der Waals surface area contributed by atoms with Gasteiger partial charge in [0.15, 0.2) is 0 Å². The first kappa shape index (κ1) is 17.0. The monoisotopic (exact) mass is 351 g/mol. The minimum Gasteiger partial charge on any atom is -0.310 e. The van der Waals surface area contributed by atoms with Crippen LogP contribution in [0, 0.1) is 18.8 Å². The number of halogens is 1. The molecule has 3 atom stereocenters. The van der Waals surface area contributed by atoms with E-state index in [0.717, 1.165) is 18.4 Å². The van der Waals surface area contributed by atoms with Gasteiger partial charge >= 0.3 is 0 Å². The zero-order chi connectivity index (χ0) is 15.2. The van der Waals surface area contributed by atoms with Crippen molar-refractivity contribution in [2.45, 2.75) is 65.3 Å². The van der Waals surface area contributed by atoms with Gasteiger partial charge in [-0.1, -0.05) is 55.1 Å². The lowest BCUT2D eigenvalue weighted by atomic mass is 9.74. The Balaban J connectivity index is 2.22. The fourth-order valence-corrected chi connectivity index (χ4v) is 4.16. The van der Waals surface area contributed by atoms with Gasteiger partial charge in [-0.25, -0.2) is 0 Å². The highest BCUT2D eigenvalue weighted by atomic mass is 79.9. The Labute approximate surface area is 139 Å². The van der Waals surface area contributed by atoms with Crippen molar-refractivity contribution in [1.82, 2.24) is 5.32 Å². The van der Waals surface area contributed by atoms with E-state index >= 15 is 0 Å². The average molecular weight is 352 g/mol. The maximum absolute atomic E-state index is 3.85. The van der Waals surface area contributed by atoms with E-state index in [1.165, 1.54) is 54.1 Å². The molecule has 1 aromatic carbocycles. The first-order valence-corrected chi connectivity index (χ1v) is 9.44. The molecule has 2 heteroatoms. The molecule has 0 bridgehead atoms. The van der Waals surface area contributed by atoms with Crippen molar-refractivity contribution >= 4 is 15.9 Å². The molecule has 0 saturated heterocycles. The van der Waals surface area contributed by atoms with E-state index in [1.807, 2.05) is 0 Å². The lowest BCUT2D eigenvalue weighted by molar-refractivity contribution is 0.209. The van der Waals surface area contributed by atoms with Crippen LogP contribution in [-0.4, -0.2) is 6.54 Å². The van der Waals surface area contributed by atoms with Crippen LogP contribution in [-0.2, 0) is 0 Å². The molecule has 2 rings (SSSR count). The molecule has 1 fully saturated rings. The molecule has 0 spiro atoms. The van der Waals surface area contributed by atoms with Crippen LogP contribution in [0.15, 0.2) is 22.7 Å². The van der Waals surface area contributed by atoms with E-state index < -0.39 is 0 Å². The van der Waals surface area contributed by atoms with Crippen molar-refractivity contribution in [3.8, 4) is 0 Å². The SMILES string of the molecule is CCCNC(c1cc(Br)ccc1C)C1CCCC(CC)C1. The summed E-state index contributed by atoms with van der Waals surface area (Å²) < 4.78 is 1.20. The van der Waals surface area contributed by atoms with Crippen molar-refractivity contribution in [3.05, 3.63) is 33.8 Å². The largest absolute Gasteiger partial charge is 0.310 e. The van der Waals surface area contributed by atoms with E-state index in [-0.39, 0.29) is 0 Å². The summed E-state index contributed by atoms with van der Waals surface area (Å²) in [5.74, 6) is 1.73. The van der Waals surface area contributed by atoms with Crippen LogP contribution in [0.4, 0.5) is 0 Å². The van der Waals surface area contributed by atoms with Gasteiger partial charge in [-0.05, 0) is 67.8 Å². The molecule has 0 amide bonds. The van der Waals surface area contributed by atoms with Gasteiger partial charge in [0.25, 0.3) is 0 Å². The van der Waals surface area contributed by atoms with E-state index in [2.05, 4.69) is 60.2 Å². The Morgan fingerprint density at radius 1 is 1.29 bits per heavy atom. The van der Waals surface area contributed by atoms with Gasteiger partial charge in [0.1, 0.15) is 0 Å². The Hall–Kier alpha value is -0.340. The third-order valence-electron chi connectivity index (χ3n) is 5.06. The molecule has 1 aliphatic rings. The van der Waals surface area contributed by atoms with Gasteiger partial charge in [0, 0.05) is 10.5 Å². The second kappa shape index (κ2) is 8.33. The molecule has 1 aliphatic carbocycles. The number of rotatable bonds is 6. The molecule has 1 saturated carbocycles. The van der Waals surface area contributed by atoms with Crippen molar-refractivity contribution < 1.29 is 0 Å². The van der Waals surface area contributed by atoms with Gasteiger partial charge in [-0.3, -0.25) is 0 Å². The van der Waals surface area contributed by atoms with Gasteiger partial charge in [0.2, 0.25) is 0 Å². The fourth-order valence-electron chi connectivity index (χ4n) is 3.78. The summed E-state index contributed by atoms with van der Waals surface area (Å²) in [6.45, 7) is 7.98. The molecular formula is C19H30BrN. The predicted octanol–water partition coefficient (Wildman–Crippen LogP) is 6.01. The maximum atomic E-state index is 3.85. The number of hydrogen-bond donors (Lipinski definition) is 1. The Morgan fingerprint density at radius 3 is 2.81 bits per heavy atom. The number of hydrogen-bond acceptors (Lipinski definition) is 1. The lowest BCUT2D eigenvalue weighted by Crippen LogP contribution is -2.32. The van der Waals surface area contributed by atoms with Crippen LogP contribution >= 0.6 is 15.9 Å². The zero-order valence-electron chi connectivity index (χ0n) is 13.8. The van der Waals surface area contributed by atoms with Crippen molar-refractivity contribution in [1.29, 1.82) is 0 Å². The molecule has 21 heavy (non-hydrogen) atoms. The van der Waals surface area contributed by atoms with Gasteiger partial charge in [0.05, 0.1) is 0 Å². The quantitative estimate of drug-likeness (QED) is 0.661. The summed E-state index contributed by atoms with van der Waals surface area (Å²) in [4.78, 5) is 0. The van der Waals surface area contributed by atoms with Crippen LogP contribution in [0.2, 0.25) is 0 Å². The second-order valence-electron chi connectivity index (χ2n) is 6.63. The highest BCUT2D eigenvalue weighted by molar-refractivity contribution is 9.10. The third kappa shape index (κ3) is 4.56. The minimum atomic E-state index is 0.525. The number of aryl methyl sites for hydroxylation is 1. The molecule has 3 unspecified atom stereocenters. The van der Waals surface area contributed by atoms with Crippen molar-refractivity contribution in [2.24, 2.45) is 11.8 Å². The minimum absolute atomic E-state index is 0.525.